The van der Waals surface area contributed by atoms with Crippen LogP contribution in [0.5, 0.6) is 0 Å². The van der Waals surface area contributed by atoms with Gasteiger partial charge < -0.3 is 10.5 Å². The van der Waals surface area contributed by atoms with E-state index in [0.29, 0.717) is 22.0 Å². The second kappa shape index (κ2) is 6.68. The molecule has 2 rings (SSSR count). The summed E-state index contributed by atoms with van der Waals surface area (Å²) < 4.78 is 4.71. The molecule has 0 fully saturated rings. The first-order chi connectivity index (χ1) is 9.60. The number of hydrogen-bond donors (Lipinski definition) is 1. The van der Waals surface area contributed by atoms with Crippen LogP contribution in [0.25, 0.3) is 0 Å². The standard InChI is InChI=1S/C15H14ClNO2S/c1-19-15(18)11-4-2-3-10(7-11)9-20-14-8-12(16)5-6-13(14)17/h2-8H,9,17H2,1H3. The third kappa shape index (κ3) is 3.68. The zero-order valence-electron chi connectivity index (χ0n) is 10.9. The first-order valence-electron chi connectivity index (χ1n) is 5.95. The lowest BCUT2D eigenvalue weighted by molar-refractivity contribution is 0.0600. The number of esters is 1. The minimum atomic E-state index is -0.334. The van der Waals surface area contributed by atoms with Crippen LogP contribution in [0.1, 0.15) is 15.9 Å². The molecule has 0 aliphatic rings. The summed E-state index contributed by atoms with van der Waals surface area (Å²) in [5.74, 6) is 0.370. The maximum absolute atomic E-state index is 11.5. The Morgan fingerprint density at radius 2 is 2.10 bits per heavy atom. The molecule has 0 amide bonds. The number of carbonyl (C=O) groups is 1. The topological polar surface area (TPSA) is 52.3 Å². The largest absolute Gasteiger partial charge is 0.465 e. The molecule has 0 saturated carbocycles. The first kappa shape index (κ1) is 14.8. The molecule has 0 aliphatic carbocycles. The van der Waals surface area contributed by atoms with Crippen molar-refractivity contribution >= 4 is 35.0 Å². The van der Waals surface area contributed by atoms with Crippen molar-refractivity contribution < 1.29 is 9.53 Å². The van der Waals surface area contributed by atoms with Crippen LogP contribution in [-0.4, -0.2) is 13.1 Å². The highest BCUT2D eigenvalue weighted by Crippen LogP contribution is 2.30. The summed E-state index contributed by atoms with van der Waals surface area (Å²) in [5, 5.41) is 0.657. The van der Waals surface area contributed by atoms with Gasteiger partial charge in [0.2, 0.25) is 0 Å². The van der Waals surface area contributed by atoms with Crippen LogP contribution in [0.4, 0.5) is 5.69 Å². The lowest BCUT2D eigenvalue weighted by atomic mass is 10.1. The smallest absolute Gasteiger partial charge is 0.337 e. The van der Waals surface area contributed by atoms with Crippen LogP contribution >= 0.6 is 23.4 Å². The average Bonchev–Trinajstić information content (AvgIpc) is 2.47. The second-order valence-corrected chi connectivity index (χ2v) is 5.62. The Bertz CT molecular complexity index is 631. The molecule has 3 nitrogen and oxygen atoms in total. The number of nitrogens with two attached hydrogens (primary N) is 1. The maximum Gasteiger partial charge on any atom is 0.337 e. The van der Waals surface area contributed by atoms with E-state index < -0.39 is 0 Å². The monoisotopic (exact) mass is 307 g/mol. The van der Waals surface area contributed by atoms with Crippen molar-refractivity contribution in [2.75, 3.05) is 12.8 Å². The number of halogens is 1. The highest BCUT2D eigenvalue weighted by atomic mass is 35.5. The molecule has 0 saturated heterocycles. The van der Waals surface area contributed by atoms with E-state index in [4.69, 9.17) is 22.1 Å². The van der Waals surface area contributed by atoms with Gasteiger partial charge in [-0.1, -0.05) is 23.7 Å². The minimum Gasteiger partial charge on any atom is -0.465 e. The second-order valence-electron chi connectivity index (χ2n) is 4.16. The van der Waals surface area contributed by atoms with Crippen LogP contribution in [0.3, 0.4) is 0 Å². The molecule has 0 spiro atoms. The van der Waals surface area contributed by atoms with Crippen molar-refractivity contribution in [2.24, 2.45) is 0 Å². The van der Waals surface area contributed by atoms with Crippen LogP contribution in [-0.2, 0) is 10.5 Å². The summed E-state index contributed by atoms with van der Waals surface area (Å²) in [6, 6.07) is 12.7. The van der Waals surface area contributed by atoms with Gasteiger partial charge in [0.15, 0.2) is 0 Å². The third-order valence-electron chi connectivity index (χ3n) is 2.72. The molecule has 2 N–H and O–H groups in total. The summed E-state index contributed by atoms with van der Waals surface area (Å²) in [6.07, 6.45) is 0. The Morgan fingerprint density at radius 3 is 2.85 bits per heavy atom. The molecule has 20 heavy (non-hydrogen) atoms. The molecule has 0 aliphatic heterocycles. The molecule has 0 radical (unpaired) electrons. The van der Waals surface area contributed by atoms with E-state index in [9.17, 15) is 4.79 Å². The van der Waals surface area contributed by atoms with Gasteiger partial charge in [0.05, 0.1) is 12.7 Å². The van der Waals surface area contributed by atoms with Crippen molar-refractivity contribution in [3.8, 4) is 0 Å². The zero-order chi connectivity index (χ0) is 14.5. The molecule has 104 valence electrons. The van der Waals surface area contributed by atoms with Crippen molar-refractivity contribution in [3.05, 3.63) is 58.6 Å². The SMILES string of the molecule is COC(=O)c1cccc(CSc2cc(Cl)ccc2N)c1. The lowest BCUT2D eigenvalue weighted by Gasteiger charge is -2.07. The fraction of sp³-hybridized carbons (Fsp3) is 0.133. The molecule has 2 aromatic carbocycles. The van der Waals surface area contributed by atoms with Gasteiger partial charge in [0.1, 0.15) is 0 Å². The molecular weight excluding hydrogens is 294 g/mol. The van der Waals surface area contributed by atoms with Gasteiger partial charge in [-0.15, -0.1) is 11.8 Å². The Morgan fingerprint density at radius 1 is 1.30 bits per heavy atom. The Balaban J connectivity index is 2.11. The predicted molar refractivity (Wildman–Crippen MR) is 83.2 cm³/mol. The lowest BCUT2D eigenvalue weighted by Crippen LogP contribution is -2.01. The quantitative estimate of drug-likeness (QED) is 0.527. The van der Waals surface area contributed by atoms with Crippen LogP contribution in [0.15, 0.2) is 47.4 Å². The van der Waals surface area contributed by atoms with E-state index in [2.05, 4.69) is 0 Å². The number of nitrogen functional groups attached to an aromatic ring is 1. The number of thioether (sulfide) groups is 1. The van der Waals surface area contributed by atoms with E-state index in [1.165, 1.54) is 7.11 Å². The van der Waals surface area contributed by atoms with Crippen LogP contribution in [0.2, 0.25) is 5.02 Å². The van der Waals surface area contributed by atoms with Gasteiger partial charge >= 0.3 is 5.97 Å². The number of hydrogen-bond acceptors (Lipinski definition) is 4. The molecule has 0 aromatic heterocycles. The van der Waals surface area contributed by atoms with E-state index in [1.807, 2.05) is 24.3 Å². The Kier molecular flexibility index (Phi) is 4.93. The molecule has 2 aromatic rings. The highest BCUT2D eigenvalue weighted by Gasteiger charge is 2.07. The average molecular weight is 308 g/mol. The fourth-order valence-corrected chi connectivity index (χ4v) is 2.88. The number of methoxy groups -OCH3 is 1. The van der Waals surface area contributed by atoms with E-state index >= 15 is 0 Å². The summed E-state index contributed by atoms with van der Waals surface area (Å²) in [4.78, 5) is 12.4. The zero-order valence-corrected chi connectivity index (χ0v) is 12.5. The Hall–Kier alpha value is -1.65. The molecular formula is C15H14ClNO2S. The first-order valence-corrected chi connectivity index (χ1v) is 7.31. The van der Waals surface area contributed by atoms with Gasteiger partial charge in [0.25, 0.3) is 0 Å². The van der Waals surface area contributed by atoms with Crippen molar-refractivity contribution in [3.63, 3.8) is 0 Å². The number of carbonyl (C=O) groups excluding carboxylic acids is 1. The van der Waals surface area contributed by atoms with Gasteiger partial charge in [-0.3, -0.25) is 0 Å². The molecule has 5 heteroatoms. The third-order valence-corrected chi connectivity index (χ3v) is 4.10. The number of rotatable bonds is 4. The highest BCUT2D eigenvalue weighted by molar-refractivity contribution is 7.98. The van der Waals surface area contributed by atoms with Gasteiger partial charge in [-0.05, 0) is 35.9 Å². The van der Waals surface area contributed by atoms with Gasteiger partial charge in [0, 0.05) is 21.4 Å². The summed E-state index contributed by atoms with van der Waals surface area (Å²) in [6.45, 7) is 0. The maximum atomic E-state index is 11.5. The predicted octanol–water partition coefficient (Wildman–Crippen LogP) is 4.00. The summed E-state index contributed by atoms with van der Waals surface area (Å²) >= 11 is 7.53. The van der Waals surface area contributed by atoms with E-state index in [-0.39, 0.29) is 5.97 Å². The van der Waals surface area contributed by atoms with Crippen LogP contribution < -0.4 is 5.73 Å². The van der Waals surface area contributed by atoms with E-state index in [0.717, 1.165) is 10.5 Å². The Labute approximate surface area is 127 Å². The minimum absolute atomic E-state index is 0.334. The number of anilines is 1. The summed E-state index contributed by atoms with van der Waals surface area (Å²) in [7, 11) is 1.37. The van der Waals surface area contributed by atoms with Crippen molar-refractivity contribution in [1.82, 2.24) is 0 Å². The molecule has 0 atom stereocenters. The van der Waals surface area contributed by atoms with Gasteiger partial charge in [-0.25, -0.2) is 4.79 Å². The fourth-order valence-electron chi connectivity index (χ4n) is 1.70. The number of ether oxygens (including phenoxy) is 1. The number of benzene rings is 2. The summed E-state index contributed by atoms with van der Waals surface area (Å²) in [5.41, 5.74) is 8.17. The molecule has 0 bridgehead atoms. The van der Waals surface area contributed by atoms with Crippen LogP contribution in [0, 0.1) is 0 Å². The van der Waals surface area contributed by atoms with Crippen molar-refractivity contribution in [2.45, 2.75) is 10.6 Å². The van der Waals surface area contributed by atoms with Crippen molar-refractivity contribution in [1.29, 1.82) is 0 Å². The van der Waals surface area contributed by atoms with Gasteiger partial charge in [-0.2, -0.15) is 0 Å². The van der Waals surface area contributed by atoms with E-state index in [1.54, 1.807) is 30.0 Å². The normalized spacial score (nSPS) is 10.3. The molecule has 0 unspecified atom stereocenters. The molecule has 0 heterocycles.